The van der Waals surface area contributed by atoms with Gasteiger partial charge in [0.1, 0.15) is 12.4 Å². The lowest BCUT2D eigenvalue weighted by Gasteiger charge is -2.29. The Morgan fingerprint density at radius 1 is 1.35 bits per heavy atom. The van der Waals surface area contributed by atoms with Crippen LogP contribution in [0.3, 0.4) is 0 Å². The third-order valence-electron chi connectivity index (χ3n) is 5.26. The number of hydrogen-bond acceptors (Lipinski definition) is 4. The number of benzene rings is 1. The van der Waals surface area contributed by atoms with Gasteiger partial charge in [-0.2, -0.15) is 0 Å². The standard InChI is InChI=1S/C19H18Cl2N2O3/c1-9-17(10(2)26-22-9)12-6-15(20)19(21)13-5-11-3-4-23(16(25)8-24)7-14(11)18(12)13/h6,24H,3-5,7-8H2,1-2H3. The summed E-state index contributed by atoms with van der Waals surface area (Å²) in [5, 5.41) is 14.3. The lowest BCUT2D eigenvalue weighted by molar-refractivity contribution is -0.133. The third kappa shape index (κ3) is 2.57. The summed E-state index contributed by atoms with van der Waals surface area (Å²) in [7, 11) is 0. The molecule has 0 spiro atoms. The molecule has 2 aromatic rings. The van der Waals surface area contributed by atoms with Gasteiger partial charge in [0, 0.05) is 18.7 Å². The first-order valence-electron chi connectivity index (χ1n) is 8.46. The van der Waals surface area contributed by atoms with Crippen molar-refractivity contribution in [3.05, 3.63) is 44.3 Å². The van der Waals surface area contributed by atoms with Crippen molar-refractivity contribution in [1.29, 1.82) is 0 Å². The summed E-state index contributed by atoms with van der Waals surface area (Å²) in [5.74, 6) is 0.459. The van der Waals surface area contributed by atoms with Crippen LogP contribution in [-0.2, 0) is 11.2 Å². The highest BCUT2D eigenvalue weighted by Crippen LogP contribution is 2.48. The number of aromatic nitrogens is 1. The predicted octanol–water partition coefficient (Wildman–Crippen LogP) is 3.80. The second kappa shape index (κ2) is 6.41. The smallest absolute Gasteiger partial charge is 0.248 e. The van der Waals surface area contributed by atoms with E-state index in [4.69, 9.17) is 27.7 Å². The van der Waals surface area contributed by atoms with E-state index in [2.05, 4.69) is 5.16 Å². The lowest BCUT2D eigenvalue weighted by Crippen LogP contribution is -2.37. The quantitative estimate of drug-likeness (QED) is 0.843. The summed E-state index contributed by atoms with van der Waals surface area (Å²) in [6.07, 6.45) is 1.51. The highest BCUT2D eigenvalue weighted by molar-refractivity contribution is 6.43. The van der Waals surface area contributed by atoms with Crippen LogP contribution in [-0.4, -0.2) is 40.8 Å². The van der Waals surface area contributed by atoms with Crippen LogP contribution in [0.5, 0.6) is 0 Å². The predicted molar refractivity (Wildman–Crippen MR) is 100 cm³/mol. The fourth-order valence-electron chi connectivity index (χ4n) is 4.03. The van der Waals surface area contributed by atoms with Gasteiger partial charge in [-0.1, -0.05) is 33.9 Å². The third-order valence-corrected chi connectivity index (χ3v) is 6.09. The first kappa shape index (κ1) is 17.6. The Morgan fingerprint density at radius 3 is 2.77 bits per heavy atom. The van der Waals surface area contributed by atoms with Gasteiger partial charge in [0.25, 0.3) is 0 Å². The maximum absolute atomic E-state index is 12.0. The summed E-state index contributed by atoms with van der Waals surface area (Å²) in [6.45, 7) is 4.37. The Kier molecular flexibility index (Phi) is 4.34. The number of aryl methyl sites for hydroxylation is 2. The van der Waals surface area contributed by atoms with E-state index in [1.807, 2.05) is 19.9 Å². The summed E-state index contributed by atoms with van der Waals surface area (Å²) in [4.78, 5) is 13.7. The number of nitrogens with zero attached hydrogens (tertiary/aromatic N) is 2. The summed E-state index contributed by atoms with van der Waals surface area (Å²) in [5.41, 5.74) is 7.04. The van der Waals surface area contributed by atoms with Gasteiger partial charge in [-0.15, -0.1) is 0 Å². The van der Waals surface area contributed by atoms with E-state index in [-0.39, 0.29) is 5.91 Å². The van der Waals surface area contributed by atoms with Crippen molar-refractivity contribution in [3.8, 4) is 11.1 Å². The number of carbonyl (C=O) groups is 1. The van der Waals surface area contributed by atoms with Crippen LogP contribution in [0.1, 0.15) is 29.0 Å². The molecule has 5 nitrogen and oxygen atoms in total. The highest BCUT2D eigenvalue weighted by Gasteiger charge is 2.34. The molecule has 0 unspecified atom stereocenters. The van der Waals surface area contributed by atoms with Crippen molar-refractivity contribution in [2.45, 2.75) is 26.7 Å². The minimum absolute atomic E-state index is 0.260. The second-order valence-electron chi connectivity index (χ2n) is 6.75. The molecule has 0 fully saturated rings. The van der Waals surface area contributed by atoms with Crippen LogP contribution in [0, 0.1) is 13.8 Å². The minimum atomic E-state index is -0.479. The average molecular weight is 393 g/mol. The topological polar surface area (TPSA) is 66.6 Å². The molecule has 0 atom stereocenters. The van der Waals surface area contributed by atoms with E-state index < -0.39 is 6.61 Å². The molecule has 7 heteroatoms. The molecule has 1 aliphatic carbocycles. The van der Waals surface area contributed by atoms with E-state index in [0.717, 1.165) is 52.1 Å². The number of aliphatic hydroxyl groups is 1. The Balaban J connectivity index is 1.91. The zero-order valence-corrected chi connectivity index (χ0v) is 16.0. The molecule has 1 aromatic heterocycles. The van der Waals surface area contributed by atoms with Crippen molar-refractivity contribution >= 4 is 34.7 Å². The monoisotopic (exact) mass is 392 g/mol. The molecule has 0 radical (unpaired) electrons. The summed E-state index contributed by atoms with van der Waals surface area (Å²) in [6, 6.07) is 1.86. The van der Waals surface area contributed by atoms with Crippen molar-refractivity contribution < 1.29 is 14.4 Å². The van der Waals surface area contributed by atoms with Crippen LogP contribution in [0.15, 0.2) is 16.2 Å². The second-order valence-corrected chi connectivity index (χ2v) is 7.54. The average Bonchev–Trinajstić information content (AvgIpc) is 3.17. The first-order chi connectivity index (χ1) is 12.4. The van der Waals surface area contributed by atoms with Crippen LogP contribution < -0.4 is 0 Å². The molecule has 1 aliphatic heterocycles. The first-order valence-corrected chi connectivity index (χ1v) is 9.22. The Hall–Kier alpha value is -1.82. The zero-order chi connectivity index (χ0) is 18.6. The number of rotatable bonds is 2. The van der Waals surface area contributed by atoms with Gasteiger partial charge in [0.15, 0.2) is 0 Å². The van der Waals surface area contributed by atoms with Gasteiger partial charge in [-0.05, 0) is 55.0 Å². The molecular weight excluding hydrogens is 375 g/mol. The molecule has 2 aliphatic rings. The molecule has 1 N–H and O–H groups in total. The van der Waals surface area contributed by atoms with Crippen LogP contribution >= 0.6 is 23.2 Å². The lowest BCUT2D eigenvalue weighted by atomic mass is 9.91. The van der Waals surface area contributed by atoms with Crippen LogP contribution in [0.4, 0.5) is 0 Å². The summed E-state index contributed by atoms with van der Waals surface area (Å²) < 4.78 is 5.35. The Bertz CT molecular complexity index is 943. The van der Waals surface area contributed by atoms with Gasteiger partial charge in [0.05, 0.1) is 15.7 Å². The van der Waals surface area contributed by atoms with Crippen molar-refractivity contribution in [3.63, 3.8) is 0 Å². The fraction of sp³-hybridized carbons (Fsp3) is 0.368. The highest BCUT2D eigenvalue weighted by atomic mass is 35.5. The molecule has 0 saturated heterocycles. The van der Waals surface area contributed by atoms with E-state index in [0.29, 0.717) is 23.1 Å². The van der Waals surface area contributed by atoms with Crippen molar-refractivity contribution in [2.24, 2.45) is 0 Å². The number of amides is 1. The Morgan fingerprint density at radius 2 is 2.12 bits per heavy atom. The number of halogens is 2. The number of fused-ring (bicyclic) bond motifs is 2. The molecule has 136 valence electrons. The van der Waals surface area contributed by atoms with Gasteiger partial charge in [-0.3, -0.25) is 4.79 Å². The number of carbonyl (C=O) groups excluding carboxylic acids is 1. The van der Waals surface area contributed by atoms with Crippen molar-refractivity contribution in [1.82, 2.24) is 10.1 Å². The molecule has 1 amide bonds. The van der Waals surface area contributed by atoms with E-state index >= 15 is 0 Å². The number of aliphatic hydroxyl groups excluding tert-OH is 1. The summed E-state index contributed by atoms with van der Waals surface area (Å²) >= 11 is 12.9. The maximum Gasteiger partial charge on any atom is 0.248 e. The van der Waals surface area contributed by atoms with E-state index in [9.17, 15) is 9.90 Å². The largest absolute Gasteiger partial charge is 0.387 e. The van der Waals surface area contributed by atoms with Gasteiger partial charge >= 0.3 is 0 Å². The van der Waals surface area contributed by atoms with Crippen molar-refractivity contribution in [2.75, 3.05) is 19.7 Å². The van der Waals surface area contributed by atoms with Gasteiger partial charge in [0.2, 0.25) is 5.91 Å². The molecule has 0 bridgehead atoms. The van der Waals surface area contributed by atoms with Crippen LogP contribution in [0.25, 0.3) is 16.7 Å². The van der Waals surface area contributed by atoms with E-state index in [1.54, 1.807) is 4.90 Å². The van der Waals surface area contributed by atoms with E-state index in [1.165, 1.54) is 5.57 Å². The molecule has 1 aromatic carbocycles. The minimum Gasteiger partial charge on any atom is -0.387 e. The molecule has 0 saturated carbocycles. The SMILES string of the molecule is Cc1noc(C)c1-c1cc(Cl)c(Cl)c2c1C1=C(CCN(C(=O)CO)C1)C2. The maximum atomic E-state index is 12.0. The normalized spacial score (nSPS) is 16.1. The Labute approximate surface area is 161 Å². The van der Waals surface area contributed by atoms with Crippen LogP contribution in [0.2, 0.25) is 10.0 Å². The van der Waals surface area contributed by atoms with Gasteiger partial charge in [-0.25, -0.2) is 0 Å². The molecule has 2 heterocycles. The molecular formula is C19H18Cl2N2O3. The number of hydrogen-bond donors (Lipinski definition) is 1. The fourth-order valence-corrected chi connectivity index (χ4v) is 4.47. The van der Waals surface area contributed by atoms with Gasteiger partial charge < -0.3 is 14.5 Å². The molecule has 26 heavy (non-hydrogen) atoms. The zero-order valence-electron chi connectivity index (χ0n) is 14.5. The molecule has 4 rings (SSSR count).